The zero-order chi connectivity index (χ0) is 20.8. The fourth-order valence-corrected chi connectivity index (χ4v) is 3.90. The average molecular weight is 395 g/mol. The summed E-state index contributed by atoms with van der Waals surface area (Å²) in [6.07, 6.45) is 2.40. The minimum Gasteiger partial charge on any atom is -0.321 e. The second-order valence-corrected chi connectivity index (χ2v) is 7.11. The van der Waals surface area contributed by atoms with E-state index < -0.39 is 0 Å². The molecular formula is C24H17N3O3. The van der Waals surface area contributed by atoms with Gasteiger partial charge in [0, 0.05) is 34.1 Å². The van der Waals surface area contributed by atoms with Crippen LogP contribution in [0.15, 0.2) is 66.9 Å². The normalized spacial score (nSPS) is 12.6. The van der Waals surface area contributed by atoms with Gasteiger partial charge in [0.1, 0.15) is 11.3 Å². The second-order valence-electron chi connectivity index (χ2n) is 7.11. The van der Waals surface area contributed by atoms with Crippen molar-refractivity contribution in [3.63, 3.8) is 0 Å². The molecule has 0 saturated carbocycles. The number of hydrogen-bond acceptors (Lipinski definition) is 4. The molecule has 6 heteroatoms. The number of nitrogens with zero attached hydrogens (tertiary/aromatic N) is 2. The first kappa shape index (κ1) is 18.0. The van der Waals surface area contributed by atoms with Crippen LogP contribution in [0, 0.1) is 0 Å². The molecule has 2 aromatic carbocycles. The van der Waals surface area contributed by atoms with E-state index in [4.69, 9.17) is 0 Å². The third kappa shape index (κ3) is 2.65. The van der Waals surface area contributed by atoms with Crippen LogP contribution in [0.3, 0.4) is 0 Å². The lowest BCUT2D eigenvalue weighted by Crippen LogP contribution is -2.22. The number of benzene rings is 2. The number of aromatic nitrogens is 2. The fraction of sp³-hybridized carbons (Fsp3) is 0.0833. The number of fused-ring (bicyclic) bond motifs is 3. The van der Waals surface area contributed by atoms with Crippen molar-refractivity contribution in [2.24, 2.45) is 0 Å². The molecule has 0 bridgehead atoms. The van der Waals surface area contributed by atoms with Gasteiger partial charge in [0.2, 0.25) is 0 Å². The highest BCUT2D eigenvalue weighted by atomic mass is 16.2. The van der Waals surface area contributed by atoms with E-state index in [0.29, 0.717) is 51.4 Å². The van der Waals surface area contributed by atoms with Gasteiger partial charge in [-0.15, -0.1) is 0 Å². The van der Waals surface area contributed by atoms with Gasteiger partial charge in [-0.05, 0) is 36.8 Å². The van der Waals surface area contributed by atoms with Crippen molar-refractivity contribution < 1.29 is 14.4 Å². The third-order valence-corrected chi connectivity index (χ3v) is 5.34. The van der Waals surface area contributed by atoms with Crippen molar-refractivity contribution in [2.45, 2.75) is 13.3 Å². The first-order chi connectivity index (χ1) is 14.6. The van der Waals surface area contributed by atoms with Crippen molar-refractivity contribution in [2.75, 3.05) is 5.32 Å². The number of ketones is 2. The predicted octanol–water partition coefficient (Wildman–Crippen LogP) is 3.92. The van der Waals surface area contributed by atoms with Crippen molar-refractivity contribution in [1.29, 1.82) is 0 Å². The molecule has 6 nitrogen and oxygen atoms in total. The van der Waals surface area contributed by atoms with E-state index in [2.05, 4.69) is 10.3 Å². The van der Waals surface area contributed by atoms with Crippen LogP contribution in [0.2, 0.25) is 0 Å². The number of nitrogens with one attached hydrogen (secondary N) is 1. The molecule has 146 valence electrons. The zero-order valence-electron chi connectivity index (χ0n) is 16.2. The summed E-state index contributed by atoms with van der Waals surface area (Å²) >= 11 is 0. The number of pyridine rings is 1. The largest absolute Gasteiger partial charge is 0.321 e. The summed E-state index contributed by atoms with van der Waals surface area (Å²) in [4.78, 5) is 43.2. The average Bonchev–Trinajstić information content (AvgIpc) is 3.16. The van der Waals surface area contributed by atoms with E-state index in [1.54, 1.807) is 53.1 Å². The Morgan fingerprint density at radius 2 is 1.57 bits per heavy atom. The molecule has 0 saturated heterocycles. The van der Waals surface area contributed by atoms with Crippen molar-refractivity contribution in [3.8, 4) is 0 Å². The Kier molecular flexibility index (Phi) is 4.06. The van der Waals surface area contributed by atoms with Crippen LogP contribution >= 0.6 is 0 Å². The molecule has 0 spiro atoms. The van der Waals surface area contributed by atoms with Gasteiger partial charge in [-0.25, -0.2) is 4.98 Å². The number of aryl methyl sites for hydroxylation is 1. The van der Waals surface area contributed by atoms with Crippen molar-refractivity contribution >= 4 is 28.8 Å². The smallest absolute Gasteiger partial charge is 0.274 e. The summed E-state index contributed by atoms with van der Waals surface area (Å²) < 4.78 is 1.75. The van der Waals surface area contributed by atoms with E-state index in [1.807, 2.05) is 25.1 Å². The van der Waals surface area contributed by atoms with E-state index >= 15 is 0 Å². The molecule has 1 amide bonds. The lowest BCUT2D eigenvalue weighted by molar-refractivity contribution is 0.0979. The molecule has 2 aromatic heterocycles. The predicted molar refractivity (Wildman–Crippen MR) is 112 cm³/mol. The summed E-state index contributed by atoms with van der Waals surface area (Å²) in [6, 6.07) is 17.1. The Labute approximate surface area is 172 Å². The molecule has 30 heavy (non-hydrogen) atoms. The van der Waals surface area contributed by atoms with Gasteiger partial charge < -0.3 is 5.32 Å². The Hall–Kier alpha value is -4.06. The lowest BCUT2D eigenvalue weighted by atomic mass is 9.84. The van der Waals surface area contributed by atoms with Gasteiger partial charge >= 0.3 is 0 Å². The molecule has 0 fully saturated rings. The Morgan fingerprint density at radius 3 is 2.30 bits per heavy atom. The molecule has 0 aliphatic heterocycles. The van der Waals surface area contributed by atoms with E-state index in [9.17, 15) is 14.4 Å². The molecule has 1 N–H and O–H groups in total. The Bertz CT molecular complexity index is 1370. The highest BCUT2D eigenvalue weighted by Gasteiger charge is 2.29. The van der Waals surface area contributed by atoms with Gasteiger partial charge in [-0.3, -0.25) is 18.8 Å². The summed E-state index contributed by atoms with van der Waals surface area (Å²) in [5.74, 6) is -0.728. The highest BCUT2D eigenvalue weighted by molar-refractivity contribution is 6.28. The fourth-order valence-electron chi connectivity index (χ4n) is 3.90. The van der Waals surface area contributed by atoms with Crippen molar-refractivity contribution in [1.82, 2.24) is 9.38 Å². The maximum Gasteiger partial charge on any atom is 0.274 e. The van der Waals surface area contributed by atoms with Crippen molar-refractivity contribution in [3.05, 3.63) is 101 Å². The first-order valence-corrected chi connectivity index (χ1v) is 9.68. The van der Waals surface area contributed by atoms with Crippen LogP contribution in [-0.2, 0) is 6.42 Å². The first-order valence-electron chi connectivity index (χ1n) is 9.68. The standard InChI is InChI=1S/C24H17N3O3/c1-2-19-21(27-12-6-5-9-20(27)26-19)24(30)25-14-10-11-17-18(13-14)23(29)16-8-4-3-7-15(16)22(17)28/h3-13H,2H2,1H3,(H,25,30). The second kappa shape index (κ2) is 6.77. The number of imidazole rings is 1. The SMILES string of the molecule is CCc1nc2ccccn2c1C(=O)Nc1ccc2c(c1)C(=O)c1ccccc1C2=O. The van der Waals surface area contributed by atoms with Crippen LogP contribution in [0.5, 0.6) is 0 Å². The van der Waals surface area contributed by atoms with Gasteiger partial charge in [0.25, 0.3) is 5.91 Å². The molecule has 0 atom stereocenters. The number of anilines is 1. The molecule has 0 radical (unpaired) electrons. The quantitative estimate of drug-likeness (QED) is 0.502. The summed E-state index contributed by atoms with van der Waals surface area (Å²) in [5.41, 5.74) is 3.73. The van der Waals surface area contributed by atoms with Gasteiger partial charge in [0.15, 0.2) is 11.6 Å². The molecule has 0 unspecified atom stereocenters. The molecule has 2 heterocycles. The highest BCUT2D eigenvalue weighted by Crippen LogP contribution is 2.29. The van der Waals surface area contributed by atoms with E-state index in [-0.39, 0.29) is 17.5 Å². The number of rotatable bonds is 3. The van der Waals surface area contributed by atoms with Crippen LogP contribution in [0.1, 0.15) is 54.9 Å². The lowest BCUT2D eigenvalue weighted by Gasteiger charge is -2.18. The van der Waals surface area contributed by atoms with Crippen LogP contribution in [0.25, 0.3) is 5.65 Å². The number of hydrogen-bond donors (Lipinski definition) is 1. The van der Waals surface area contributed by atoms with Crippen LogP contribution < -0.4 is 5.32 Å². The molecular weight excluding hydrogens is 378 g/mol. The van der Waals surface area contributed by atoms with Gasteiger partial charge in [-0.1, -0.05) is 37.3 Å². The Balaban J connectivity index is 1.53. The van der Waals surface area contributed by atoms with Gasteiger partial charge in [-0.2, -0.15) is 0 Å². The summed E-state index contributed by atoms with van der Waals surface area (Å²) in [6.45, 7) is 1.94. The number of carbonyl (C=O) groups is 3. The summed E-state index contributed by atoms with van der Waals surface area (Å²) in [5, 5.41) is 2.86. The molecule has 1 aliphatic rings. The molecule has 1 aliphatic carbocycles. The maximum absolute atomic E-state index is 13.1. The number of amides is 1. The molecule has 4 aromatic rings. The van der Waals surface area contributed by atoms with E-state index in [0.717, 1.165) is 0 Å². The van der Waals surface area contributed by atoms with Crippen LogP contribution in [-0.4, -0.2) is 26.9 Å². The monoisotopic (exact) mass is 395 g/mol. The zero-order valence-corrected chi connectivity index (χ0v) is 16.2. The van der Waals surface area contributed by atoms with Gasteiger partial charge in [0.05, 0.1) is 5.69 Å². The van der Waals surface area contributed by atoms with E-state index in [1.165, 1.54) is 0 Å². The number of carbonyl (C=O) groups excluding carboxylic acids is 3. The van der Waals surface area contributed by atoms with Crippen LogP contribution in [0.4, 0.5) is 5.69 Å². The third-order valence-electron chi connectivity index (χ3n) is 5.34. The minimum absolute atomic E-state index is 0.187. The minimum atomic E-state index is -0.319. The maximum atomic E-state index is 13.1. The summed E-state index contributed by atoms with van der Waals surface area (Å²) in [7, 11) is 0. The molecule has 5 rings (SSSR count). The topological polar surface area (TPSA) is 80.5 Å². The Morgan fingerprint density at radius 1 is 0.900 bits per heavy atom.